The third kappa shape index (κ3) is 3.80. The number of fused-ring (bicyclic) bond motifs is 1. The fourth-order valence-electron chi connectivity index (χ4n) is 4.41. The molecule has 0 bridgehead atoms. The molecular formula is C22H26FN7O. The third-order valence-electron chi connectivity index (χ3n) is 6.18. The first-order valence-corrected chi connectivity index (χ1v) is 10.8. The van der Waals surface area contributed by atoms with Crippen LogP contribution in [-0.4, -0.2) is 69.8 Å². The minimum Gasteiger partial charge on any atom is -0.368 e. The lowest BCUT2D eigenvalue weighted by Crippen LogP contribution is -2.49. The quantitative estimate of drug-likeness (QED) is 0.645. The Bertz CT molecular complexity index is 1080. The van der Waals surface area contributed by atoms with E-state index in [1.54, 1.807) is 27.9 Å². The number of aryl methyl sites for hydroxylation is 1. The maximum atomic E-state index is 13.3. The van der Waals surface area contributed by atoms with Gasteiger partial charge in [0.25, 0.3) is 5.91 Å². The molecule has 3 aromatic rings. The van der Waals surface area contributed by atoms with Gasteiger partial charge in [0.05, 0.1) is 11.6 Å². The van der Waals surface area contributed by atoms with Crippen LogP contribution in [0.1, 0.15) is 29.9 Å². The van der Waals surface area contributed by atoms with Crippen LogP contribution >= 0.6 is 0 Å². The van der Waals surface area contributed by atoms with Crippen molar-refractivity contribution in [3.8, 4) is 0 Å². The molecule has 2 aliphatic heterocycles. The van der Waals surface area contributed by atoms with Crippen molar-refractivity contribution in [1.82, 2.24) is 24.6 Å². The summed E-state index contributed by atoms with van der Waals surface area (Å²) in [6.45, 7) is 4.38. The number of amides is 1. The fraction of sp³-hybridized carbons (Fsp3) is 0.455. The number of aromatic nitrogens is 4. The van der Waals surface area contributed by atoms with Gasteiger partial charge in [0.1, 0.15) is 11.6 Å². The molecule has 8 nitrogen and oxygen atoms in total. The molecule has 0 N–H and O–H groups in total. The Morgan fingerprint density at radius 2 is 1.61 bits per heavy atom. The molecule has 2 aromatic heterocycles. The number of hydrogen-bond acceptors (Lipinski definition) is 6. The highest BCUT2D eigenvalue weighted by atomic mass is 19.1. The Morgan fingerprint density at radius 1 is 0.903 bits per heavy atom. The van der Waals surface area contributed by atoms with Crippen LogP contribution in [0.3, 0.4) is 0 Å². The van der Waals surface area contributed by atoms with Gasteiger partial charge in [-0.05, 0) is 43.5 Å². The van der Waals surface area contributed by atoms with Crippen LogP contribution in [-0.2, 0) is 7.05 Å². The molecule has 2 saturated heterocycles. The zero-order valence-corrected chi connectivity index (χ0v) is 17.7. The summed E-state index contributed by atoms with van der Waals surface area (Å²) in [6.07, 6.45) is 5.26. The van der Waals surface area contributed by atoms with Crippen molar-refractivity contribution in [3.63, 3.8) is 0 Å². The number of piperazine rings is 1. The monoisotopic (exact) mass is 423 g/mol. The largest absolute Gasteiger partial charge is 0.368 e. The predicted molar refractivity (Wildman–Crippen MR) is 117 cm³/mol. The van der Waals surface area contributed by atoms with Gasteiger partial charge in [-0.3, -0.25) is 9.48 Å². The summed E-state index contributed by atoms with van der Waals surface area (Å²) in [4.78, 5) is 28.8. The van der Waals surface area contributed by atoms with E-state index in [1.165, 1.54) is 18.6 Å². The molecule has 31 heavy (non-hydrogen) atoms. The summed E-state index contributed by atoms with van der Waals surface area (Å²) in [5, 5.41) is 5.23. The van der Waals surface area contributed by atoms with Gasteiger partial charge in [-0.15, -0.1) is 0 Å². The molecule has 9 heteroatoms. The van der Waals surface area contributed by atoms with Crippen molar-refractivity contribution >= 4 is 28.4 Å². The second-order valence-electron chi connectivity index (χ2n) is 8.18. The maximum absolute atomic E-state index is 13.3. The van der Waals surface area contributed by atoms with E-state index in [9.17, 15) is 9.18 Å². The van der Waals surface area contributed by atoms with Crippen molar-refractivity contribution in [2.45, 2.75) is 19.3 Å². The van der Waals surface area contributed by atoms with Gasteiger partial charge in [-0.1, -0.05) is 0 Å². The van der Waals surface area contributed by atoms with E-state index in [0.29, 0.717) is 31.8 Å². The summed E-state index contributed by atoms with van der Waals surface area (Å²) in [7, 11) is 1.84. The highest BCUT2D eigenvalue weighted by Crippen LogP contribution is 2.27. The van der Waals surface area contributed by atoms with Crippen LogP contribution in [0.4, 0.5) is 15.9 Å². The van der Waals surface area contributed by atoms with Gasteiger partial charge in [0.2, 0.25) is 5.82 Å². The molecule has 2 fully saturated rings. The van der Waals surface area contributed by atoms with Crippen LogP contribution in [0.25, 0.3) is 11.0 Å². The lowest BCUT2D eigenvalue weighted by Gasteiger charge is -2.36. The van der Waals surface area contributed by atoms with Crippen LogP contribution in [0.15, 0.2) is 30.5 Å². The Kier molecular flexibility index (Phi) is 5.17. The lowest BCUT2D eigenvalue weighted by molar-refractivity contribution is 0.0735. The Labute approximate surface area is 180 Å². The number of halogens is 1. The smallest absolute Gasteiger partial charge is 0.291 e. The van der Waals surface area contributed by atoms with Crippen molar-refractivity contribution in [2.24, 2.45) is 7.05 Å². The molecular weight excluding hydrogens is 397 g/mol. The molecule has 162 valence electrons. The van der Waals surface area contributed by atoms with E-state index in [2.05, 4.69) is 19.9 Å². The van der Waals surface area contributed by atoms with E-state index in [1.807, 2.05) is 7.05 Å². The van der Waals surface area contributed by atoms with E-state index < -0.39 is 0 Å². The molecule has 1 aromatic carbocycles. The van der Waals surface area contributed by atoms with Crippen molar-refractivity contribution in [3.05, 3.63) is 42.1 Å². The summed E-state index contributed by atoms with van der Waals surface area (Å²) in [5.74, 6) is 0.642. The minimum absolute atomic E-state index is 0.153. The molecule has 1 amide bonds. The Morgan fingerprint density at radius 3 is 2.32 bits per heavy atom. The number of hydrogen-bond donors (Lipinski definition) is 0. The van der Waals surface area contributed by atoms with Gasteiger partial charge in [-0.2, -0.15) is 5.10 Å². The summed E-state index contributed by atoms with van der Waals surface area (Å²) in [5.41, 5.74) is 1.65. The standard InChI is InChI=1S/C22H26FN7O/c1-27-20-18(15-24-27)21(29-9-3-2-4-10-29)26-19(25-20)22(31)30-13-11-28(12-14-30)17-7-5-16(23)6-8-17/h5-8,15H,2-4,9-14H2,1H3. The SMILES string of the molecule is Cn1ncc2c(N3CCCCC3)nc(C(=O)N3CCN(c4ccc(F)cc4)CC3)nc21. The van der Waals surface area contributed by atoms with Crippen LogP contribution < -0.4 is 9.80 Å². The van der Waals surface area contributed by atoms with Crippen LogP contribution in [0.5, 0.6) is 0 Å². The molecule has 0 aliphatic carbocycles. The van der Waals surface area contributed by atoms with E-state index in [0.717, 1.165) is 42.8 Å². The fourth-order valence-corrected chi connectivity index (χ4v) is 4.41. The van der Waals surface area contributed by atoms with Crippen LogP contribution in [0, 0.1) is 5.82 Å². The van der Waals surface area contributed by atoms with E-state index in [-0.39, 0.29) is 17.5 Å². The number of carbonyl (C=O) groups excluding carboxylic acids is 1. The Balaban J connectivity index is 1.37. The molecule has 4 heterocycles. The number of benzene rings is 1. The minimum atomic E-state index is -0.246. The average molecular weight is 423 g/mol. The Hall–Kier alpha value is -3.23. The summed E-state index contributed by atoms with van der Waals surface area (Å²) < 4.78 is 14.9. The van der Waals surface area contributed by atoms with Gasteiger partial charge in [-0.25, -0.2) is 14.4 Å². The summed E-state index contributed by atoms with van der Waals surface area (Å²) in [6, 6.07) is 6.48. The van der Waals surface area contributed by atoms with Gasteiger partial charge in [0.15, 0.2) is 5.65 Å². The second-order valence-corrected chi connectivity index (χ2v) is 8.18. The second kappa shape index (κ2) is 8.13. The average Bonchev–Trinajstić information content (AvgIpc) is 3.20. The molecule has 5 rings (SSSR count). The molecule has 0 radical (unpaired) electrons. The number of nitrogens with zero attached hydrogens (tertiary/aromatic N) is 7. The zero-order valence-electron chi connectivity index (χ0n) is 17.7. The van der Waals surface area contributed by atoms with Gasteiger partial charge >= 0.3 is 0 Å². The zero-order chi connectivity index (χ0) is 21.4. The molecule has 0 unspecified atom stereocenters. The number of carbonyl (C=O) groups is 1. The van der Waals surface area contributed by atoms with Crippen molar-refractivity contribution < 1.29 is 9.18 Å². The highest BCUT2D eigenvalue weighted by Gasteiger charge is 2.27. The normalized spacial score (nSPS) is 17.4. The first-order valence-electron chi connectivity index (χ1n) is 10.8. The van der Waals surface area contributed by atoms with Crippen molar-refractivity contribution in [1.29, 1.82) is 0 Å². The van der Waals surface area contributed by atoms with Gasteiger partial charge in [0, 0.05) is 52.0 Å². The topological polar surface area (TPSA) is 70.4 Å². The van der Waals surface area contributed by atoms with E-state index >= 15 is 0 Å². The highest BCUT2D eigenvalue weighted by molar-refractivity contribution is 5.95. The number of piperidine rings is 1. The summed E-state index contributed by atoms with van der Waals surface area (Å²) >= 11 is 0. The first kappa shape index (κ1) is 19.7. The number of anilines is 2. The first-order chi connectivity index (χ1) is 15.1. The van der Waals surface area contributed by atoms with Gasteiger partial charge < -0.3 is 14.7 Å². The molecule has 0 spiro atoms. The molecule has 2 aliphatic rings. The van der Waals surface area contributed by atoms with Crippen molar-refractivity contribution in [2.75, 3.05) is 49.1 Å². The lowest BCUT2D eigenvalue weighted by atomic mass is 10.1. The number of rotatable bonds is 3. The molecule has 0 saturated carbocycles. The third-order valence-corrected chi connectivity index (χ3v) is 6.18. The van der Waals surface area contributed by atoms with E-state index in [4.69, 9.17) is 4.98 Å². The maximum Gasteiger partial charge on any atom is 0.291 e. The predicted octanol–water partition coefficient (Wildman–Crippen LogP) is 2.46. The van der Waals surface area contributed by atoms with Crippen LogP contribution in [0.2, 0.25) is 0 Å². The molecule has 0 atom stereocenters.